The highest BCUT2D eigenvalue weighted by Crippen LogP contribution is 2.24. The van der Waals surface area contributed by atoms with Gasteiger partial charge >= 0.3 is 11.7 Å². The third-order valence-electron chi connectivity index (χ3n) is 3.77. The first-order valence-electron chi connectivity index (χ1n) is 7.36. The number of imidazole rings is 1. The van der Waals surface area contributed by atoms with Gasteiger partial charge in [0.2, 0.25) is 0 Å². The molecule has 7 nitrogen and oxygen atoms in total. The number of hydrogen-bond donors (Lipinski definition) is 0. The van der Waals surface area contributed by atoms with Gasteiger partial charge in [0.25, 0.3) is 6.43 Å². The van der Waals surface area contributed by atoms with Crippen LogP contribution < -0.4 is 5.69 Å². The van der Waals surface area contributed by atoms with Crippen molar-refractivity contribution in [2.75, 3.05) is 14.1 Å². The van der Waals surface area contributed by atoms with Crippen LogP contribution in [-0.2, 0) is 7.05 Å². The normalized spacial score (nSPS) is 11.3. The second kappa shape index (κ2) is 6.08. The summed E-state index contributed by atoms with van der Waals surface area (Å²) in [4.78, 5) is 34.3. The van der Waals surface area contributed by atoms with Crippen LogP contribution in [0.3, 0.4) is 0 Å². The first-order valence-corrected chi connectivity index (χ1v) is 7.36. The predicted octanol–water partition coefficient (Wildman–Crippen LogP) is 2.26. The molecular weight excluding hydrogens is 332 g/mol. The Bertz CT molecular complexity index is 1020. The molecule has 3 rings (SSSR count). The average Bonchev–Trinajstić information content (AvgIpc) is 2.84. The average molecular weight is 347 g/mol. The van der Waals surface area contributed by atoms with Crippen LogP contribution in [0.5, 0.6) is 0 Å². The molecule has 0 radical (unpaired) electrons. The molecule has 1 amide bonds. The van der Waals surface area contributed by atoms with Gasteiger partial charge in [-0.2, -0.15) is 4.57 Å². The van der Waals surface area contributed by atoms with Gasteiger partial charge in [0.1, 0.15) is 5.52 Å². The molecule has 2 aromatic heterocycles. The van der Waals surface area contributed by atoms with Gasteiger partial charge in [0, 0.05) is 32.3 Å². The number of carbonyl (C=O) groups excluding carboxylic acids is 1. The van der Waals surface area contributed by atoms with Crippen LogP contribution in [0.2, 0.25) is 0 Å². The van der Waals surface area contributed by atoms with E-state index in [4.69, 9.17) is 0 Å². The molecule has 0 aliphatic carbocycles. The SMILES string of the molecule is CN(C)C(=O)n1c(=O)n(C)c2cnc(-c3cccc(C(F)F)c3)nc21. The van der Waals surface area contributed by atoms with Gasteiger partial charge in [-0.05, 0) is 6.07 Å². The van der Waals surface area contributed by atoms with E-state index < -0.39 is 18.1 Å². The summed E-state index contributed by atoms with van der Waals surface area (Å²) in [7, 11) is 4.54. The smallest absolute Gasteiger partial charge is 0.330 e. The van der Waals surface area contributed by atoms with Crippen molar-refractivity contribution in [2.45, 2.75) is 6.43 Å². The van der Waals surface area contributed by atoms with Gasteiger partial charge in [-0.25, -0.2) is 28.3 Å². The van der Waals surface area contributed by atoms with Gasteiger partial charge in [-0.1, -0.05) is 18.2 Å². The van der Waals surface area contributed by atoms with Crippen molar-refractivity contribution < 1.29 is 13.6 Å². The number of carbonyl (C=O) groups is 1. The molecule has 0 unspecified atom stereocenters. The third-order valence-corrected chi connectivity index (χ3v) is 3.77. The molecule has 0 fully saturated rings. The van der Waals surface area contributed by atoms with E-state index in [2.05, 4.69) is 9.97 Å². The summed E-state index contributed by atoms with van der Waals surface area (Å²) >= 11 is 0. The highest BCUT2D eigenvalue weighted by atomic mass is 19.3. The first-order chi connectivity index (χ1) is 11.8. The Morgan fingerprint density at radius 2 is 2.00 bits per heavy atom. The molecule has 2 heterocycles. The number of nitrogens with zero attached hydrogens (tertiary/aromatic N) is 5. The molecule has 1 aromatic carbocycles. The summed E-state index contributed by atoms with van der Waals surface area (Å²) in [6.45, 7) is 0. The van der Waals surface area contributed by atoms with Gasteiger partial charge < -0.3 is 4.90 Å². The molecule has 0 spiro atoms. The van der Waals surface area contributed by atoms with Gasteiger partial charge in [0.15, 0.2) is 11.5 Å². The number of rotatable bonds is 2. The molecule has 0 atom stereocenters. The van der Waals surface area contributed by atoms with Crippen molar-refractivity contribution in [1.82, 2.24) is 24.0 Å². The molecule has 0 saturated carbocycles. The lowest BCUT2D eigenvalue weighted by atomic mass is 10.1. The fourth-order valence-electron chi connectivity index (χ4n) is 2.44. The van der Waals surface area contributed by atoms with Crippen LogP contribution in [0.25, 0.3) is 22.6 Å². The quantitative estimate of drug-likeness (QED) is 0.713. The number of halogens is 2. The van der Waals surface area contributed by atoms with Crippen LogP contribution >= 0.6 is 0 Å². The van der Waals surface area contributed by atoms with Crippen molar-refractivity contribution in [3.63, 3.8) is 0 Å². The van der Waals surface area contributed by atoms with Gasteiger partial charge in [0.05, 0.1) is 6.20 Å². The number of fused-ring (bicyclic) bond motifs is 1. The summed E-state index contributed by atoms with van der Waals surface area (Å²) in [5.74, 6) is 0.154. The molecular formula is C16H15F2N5O2. The van der Waals surface area contributed by atoms with Crippen LogP contribution in [0.15, 0.2) is 35.3 Å². The molecule has 0 aliphatic rings. The number of aromatic nitrogens is 4. The number of amides is 1. The lowest BCUT2D eigenvalue weighted by Crippen LogP contribution is -2.35. The lowest BCUT2D eigenvalue weighted by Gasteiger charge is -2.10. The van der Waals surface area contributed by atoms with E-state index in [9.17, 15) is 18.4 Å². The Morgan fingerprint density at radius 3 is 2.64 bits per heavy atom. The summed E-state index contributed by atoms with van der Waals surface area (Å²) in [5.41, 5.74) is 0.157. The molecule has 130 valence electrons. The summed E-state index contributed by atoms with van der Waals surface area (Å²) in [5, 5.41) is 0. The molecule has 0 N–H and O–H groups in total. The highest BCUT2D eigenvalue weighted by molar-refractivity contribution is 5.87. The topological polar surface area (TPSA) is 73.0 Å². The number of hydrogen-bond acceptors (Lipinski definition) is 4. The second-order valence-corrected chi connectivity index (χ2v) is 5.68. The Balaban J connectivity index is 2.24. The monoisotopic (exact) mass is 347 g/mol. The van der Waals surface area contributed by atoms with E-state index in [1.165, 1.54) is 55.0 Å². The Kier molecular flexibility index (Phi) is 4.07. The Labute approximate surface area is 141 Å². The van der Waals surface area contributed by atoms with E-state index in [-0.39, 0.29) is 17.0 Å². The van der Waals surface area contributed by atoms with Crippen LogP contribution in [0.1, 0.15) is 12.0 Å². The van der Waals surface area contributed by atoms with Crippen molar-refractivity contribution in [3.05, 3.63) is 46.5 Å². The van der Waals surface area contributed by atoms with Gasteiger partial charge in [-0.15, -0.1) is 0 Å². The predicted molar refractivity (Wildman–Crippen MR) is 87.6 cm³/mol. The summed E-state index contributed by atoms with van der Waals surface area (Å²) < 4.78 is 28.0. The minimum absolute atomic E-state index is 0.124. The van der Waals surface area contributed by atoms with Crippen LogP contribution in [0.4, 0.5) is 13.6 Å². The molecule has 9 heteroatoms. The Morgan fingerprint density at radius 1 is 1.28 bits per heavy atom. The van der Waals surface area contributed by atoms with Gasteiger partial charge in [-0.3, -0.25) is 4.57 Å². The zero-order valence-electron chi connectivity index (χ0n) is 13.8. The van der Waals surface area contributed by atoms with Crippen molar-refractivity contribution >= 4 is 17.2 Å². The van der Waals surface area contributed by atoms with E-state index in [1.54, 1.807) is 6.07 Å². The zero-order chi connectivity index (χ0) is 18.3. The highest BCUT2D eigenvalue weighted by Gasteiger charge is 2.20. The minimum atomic E-state index is -2.62. The summed E-state index contributed by atoms with van der Waals surface area (Å²) in [6.07, 6.45) is -1.22. The fraction of sp³-hybridized carbons (Fsp3) is 0.250. The molecule has 0 aliphatic heterocycles. The summed E-state index contributed by atoms with van der Waals surface area (Å²) in [6, 6.07) is 5.10. The molecule has 0 saturated heterocycles. The van der Waals surface area contributed by atoms with E-state index >= 15 is 0 Å². The standard InChI is InChI=1S/C16H15F2N5O2/c1-21(2)15(24)23-14-11(22(3)16(23)25)8-19-13(20-14)10-6-4-5-9(7-10)12(17)18/h4-8,12H,1-3H3. The maximum Gasteiger partial charge on any atom is 0.338 e. The van der Waals surface area contributed by atoms with Crippen LogP contribution in [-0.4, -0.2) is 44.1 Å². The number of benzene rings is 1. The van der Waals surface area contributed by atoms with E-state index in [0.29, 0.717) is 11.1 Å². The van der Waals surface area contributed by atoms with Crippen molar-refractivity contribution in [1.29, 1.82) is 0 Å². The fourth-order valence-corrected chi connectivity index (χ4v) is 2.44. The maximum atomic E-state index is 12.9. The van der Waals surface area contributed by atoms with Crippen molar-refractivity contribution in [2.24, 2.45) is 7.05 Å². The maximum absolute atomic E-state index is 12.9. The first kappa shape index (κ1) is 16.7. The largest absolute Gasteiger partial charge is 0.338 e. The lowest BCUT2D eigenvalue weighted by molar-refractivity contribution is 0.151. The second-order valence-electron chi connectivity index (χ2n) is 5.68. The van der Waals surface area contributed by atoms with Crippen molar-refractivity contribution in [3.8, 4) is 11.4 Å². The van der Waals surface area contributed by atoms with E-state index in [0.717, 1.165) is 4.57 Å². The molecule has 25 heavy (non-hydrogen) atoms. The van der Waals surface area contributed by atoms with E-state index in [1.807, 2.05) is 0 Å². The zero-order valence-corrected chi connectivity index (χ0v) is 13.8. The van der Waals surface area contributed by atoms with Crippen LogP contribution in [0, 0.1) is 0 Å². The molecule has 3 aromatic rings. The minimum Gasteiger partial charge on any atom is -0.330 e. The third kappa shape index (κ3) is 2.77. The number of aryl methyl sites for hydroxylation is 1. The molecule has 0 bridgehead atoms. The number of alkyl halides is 2. The Hall–Kier alpha value is -3.10.